The van der Waals surface area contributed by atoms with Gasteiger partial charge in [-0.25, -0.2) is 0 Å². The second-order valence-electron chi connectivity index (χ2n) is 4.03. The summed E-state index contributed by atoms with van der Waals surface area (Å²) in [5.41, 5.74) is 8.31. The second-order valence-corrected chi connectivity index (χ2v) is 4.03. The summed E-state index contributed by atoms with van der Waals surface area (Å²) in [5.74, 6) is 0. The van der Waals surface area contributed by atoms with Crippen LogP contribution in [0.15, 0.2) is 24.3 Å². The first-order chi connectivity index (χ1) is 7.19. The molecule has 0 aliphatic rings. The highest BCUT2D eigenvalue weighted by Crippen LogP contribution is 2.22. The summed E-state index contributed by atoms with van der Waals surface area (Å²) in [5, 5.41) is 3.55. The van der Waals surface area contributed by atoms with Crippen molar-refractivity contribution in [1.29, 1.82) is 0 Å². The highest BCUT2D eigenvalue weighted by atomic mass is 14.9. The molecule has 0 heterocycles. The number of para-hydroxylation sites is 1. The van der Waals surface area contributed by atoms with E-state index < -0.39 is 0 Å². The lowest BCUT2D eigenvalue weighted by Gasteiger charge is -2.20. The molecule has 84 valence electrons. The topological polar surface area (TPSA) is 38.0 Å². The molecule has 2 heteroatoms. The first-order valence-corrected chi connectivity index (χ1v) is 5.80. The summed E-state index contributed by atoms with van der Waals surface area (Å²) in [4.78, 5) is 0. The molecule has 0 bridgehead atoms. The van der Waals surface area contributed by atoms with Crippen molar-refractivity contribution in [2.45, 2.75) is 45.7 Å². The van der Waals surface area contributed by atoms with Crippen LogP contribution < -0.4 is 11.1 Å². The van der Waals surface area contributed by atoms with Crippen LogP contribution in [-0.2, 0) is 0 Å². The number of hydrogen-bond donors (Lipinski definition) is 2. The molecule has 0 aliphatic heterocycles. The molecule has 0 spiro atoms. The maximum Gasteiger partial charge on any atom is 0.0390 e. The van der Waals surface area contributed by atoms with E-state index in [-0.39, 0.29) is 6.04 Å². The third-order valence-electron chi connectivity index (χ3n) is 2.80. The van der Waals surface area contributed by atoms with E-state index in [1.807, 2.05) is 13.0 Å². The smallest absolute Gasteiger partial charge is 0.0390 e. The predicted octanol–water partition coefficient (Wildman–Crippen LogP) is 3.31. The second kappa shape index (κ2) is 5.76. The third-order valence-corrected chi connectivity index (χ3v) is 2.80. The SMILES string of the molecule is CCC(CC)Nc1ccccc1C(C)N. The number of hydrogen-bond acceptors (Lipinski definition) is 2. The number of anilines is 1. The van der Waals surface area contributed by atoms with E-state index in [0.717, 1.165) is 12.8 Å². The molecule has 0 fully saturated rings. The van der Waals surface area contributed by atoms with Crippen molar-refractivity contribution in [3.05, 3.63) is 29.8 Å². The fourth-order valence-electron chi connectivity index (χ4n) is 1.74. The van der Waals surface area contributed by atoms with Crippen LogP contribution in [-0.4, -0.2) is 6.04 Å². The van der Waals surface area contributed by atoms with Gasteiger partial charge in [-0.3, -0.25) is 0 Å². The Bertz CT molecular complexity index is 290. The molecule has 1 atom stereocenters. The van der Waals surface area contributed by atoms with E-state index in [2.05, 4.69) is 37.4 Å². The largest absolute Gasteiger partial charge is 0.382 e. The van der Waals surface area contributed by atoms with Gasteiger partial charge in [-0.15, -0.1) is 0 Å². The van der Waals surface area contributed by atoms with Gasteiger partial charge in [0.15, 0.2) is 0 Å². The lowest BCUT2D eigenvalue weighted by molar-refractivity contribution is 0.668. The monoisotopic (exact) mass is 206 g/mol. The summed E-state index contributed by atoms with van der Waals surface area (Å²) in [7, 11) is 0. The van der Waals surface area contributed by atoms with E-state index in [4.69, 9.17) is 5.73 Å². The Labute approximate surface area is 92.9 Å². The molecule has 0 saturated carbocycles. The Morgan fingerprint density at radius 2 is 1.80 bits per heavy atom. The molecule has 0 radical (unpaired) electrons. The van der Waals surface area contributed by atoms with Crippen molar-refractivity contribution in [3.63, 3.8) is 0 Å². The van der Waals surface area contributed by atoms with Crippen LogP contribution >= 0.6 is 0 Å². The quantitative estimate of drug-likeness (QED) is 0.775. The van der Waals surface area contributed by atoms with Crippen molar-refractivity contribution in [3.8, 4) is 0 Å². The average molecular weight is 206 g/mol. The van der Waals surface area contributed by atoms with Gasteiger partial charge < -0.3 is 11.1 Å². The van der Waals surface area contributed by atoms with Crippen LogP contribution in [0.3, 0.4) is 0 Å². The van der Waals surface area contributed by atoms with Gasteiger partial charge in [-0.2, -0.15) is 0 Å². The Hall–Kier alpha value is -1.02. The van der Waals surface area contributed by atoms with Crippen molar-refractivity contribution >= 4 is 5.69 Å². The molecule has 1 aromatic rings. The summed E-state index contributed by atoms with van der Waals surface area (Å²) in [6.45, 7) is 6.43. The van der Waals surface area contributed by atoms with Gasteiger partial charge in [0.25, 0.3) is 0 Å². The average Bonchev–Trinajstić information content (AvgIpc) is 2.26. The molecule has 2 nitrogen and oxygen atoms in total. The van der Waals surface area contributed by atoms with Gasteiger partial charge in [0.05, 0.1) is 0 Å². The molecule has 0 amide bonds. The van der Waals surface area contributed by atoms with E-state index in [1.54, 1.807) is 0 Å². The number of nitrogens with two attached hydrogens (primary N) is 1. The van der Waals surface area contributed by atoms with E-state index >= 15 is 0 Å². The zero-order chi connectivity index (χ0) is 11.3. The van der Waals surface area contributed by atoms with Crippen molar-refractivity contribution in [2.24, 2.45) is 5.73 Å². The van der Waals surface area contributed by atoms with Crippen molar-refractivity contribution < 1.29 is 0 Å². The maximum atomic E-state index is 5.93. The van der Waals surface area contributed by atoms with Crippen LogP contribution in [0.1, 0.15) is 45.2 Å². The van der Waals surface area contributed by atoms with Crippen molar-refractivity contribution in [1.82, 2.24) is 0 Å². The highest BCUT2D eigenvalue weighted by Gasteiger charge is 2.08. The number of benzene rings is 1. The Balaban J connectivity index is 2.83. The Kier molecular flexibility index (Phi) is 4.63. The fourth-order valence-corrected chi connectivity index (χ4v) is 1.74. The maximum absolute atomic E-state index is 5.93. The van der Waals surface area contributed by atoms with Crippen LogP contribution in [0.5, 0.6) is 0 Å². The van der Waals surface area contributed by atoms with Crippen LogP contribution in [0, 0.1) is 0 Å². The minimum absolute atomic E-state index is 0.0862. The van der Waals surface area contributed by atoms with Gasteiger partial charge in [0, 0.05) is 17.8 Å². The Morgan fingerprint density at radius 3 is 2.33 bits per heavy atom. The first kappa shape index (κ1) is 12.1. The lowest BCUT2D eigenvalue weighted by atomic mass is 10.1. The molecule has 0 saturated heterocycles. The van der Waals surface area contributed by atoms with Gasteiger partial charge in [-0.05, 0) is 31.4 Å². The van der Waals surface area contributed by atoms with E-state index in [0.29, 0.717) is 6.04 Å². The predicted molar refractivity (Wildman–Crippen MR) is 67.0 cm³/mol. The Morgan fingerprint density at radius 1 is 1.20 bits per heavy atom. The summed E-state index contributed by atoms with van der Waals surface area (Å²) in [6, 6.07) is 8.92. The van der Waals surface area contributed by atoms with Crippen LogP contribution in [0.4, 0.5) is 5.69 Å². The van der Waals surface area contributed by atoms with Gasteiger partial charge in [0.1, 0.15) is 0 Å². The molecule has 1 unspecified atom stereocenters. The standard InChI is InChI=1S/C13H22N2/c1-4-11(5-2)15-13-9-7-6-8-12(13)10(3)14/h6-11,15H,4-5,14H2,1-3H3. The minimum Gasteiger partial charge on any atom is -0.382 e. The zero-order valence-corrected chi connectivity index (χ0v) is 9.96. The molecule has 0 aromatic heterocycles. The first-order valence-electron chi connectivity index (χ1n) is 5.80. The molecule has 0 aliphatic carbocycles. The number of nitrogens with one attached hydrogen (secondary N) is 1. The molecule has 1 rings (SSSR count). The zero-order valence-electron chi connectivity index (χ0n) is 9.96. The minimum atomic E-state index is 0.0862. The summed E-state index contributed by atoms with van der Waals surface area (Å²) < 4.78 is 0. The fraction of sp³-hybridized carbons (Fsp3) is 0.538. The third kappa shape index (κ3) is 3.24. The van der Waals surface area contributed by atoms with E-state index in [9.17, 15) is 0 Å². The van der Waals surface area contributed by atoms with Gasteiger partial charge >= 0.3 is 0 Å². The molecule has 15 heavy (non-hydrogen) atoms. The van der Waals surface area contributed by atoms with Gasteiger partial charge in [-0.1, -0.05) is 32.0 Å². The van der Waals surface area contributed by atoms with Crippen LogP contribution in [0.25, 0.3) is 0 Å². The lowest BCUT2D eigenvalue weighted by Crippen LogP contribution is -2.19. The van der Waals surface area contributed by atoms with E-state index in [1.165, 1.54) is 11.3 Å². The molecular weight excluding hydrogens is 184 g/mol. The summed E-state index contributed by atoms with van der Waals surface area (Å²) >= 11 is 0. The summed E-state index contributed by atoms with van der Waals surface area (Å²) in [6.07, 6.45) is 2.29. The van der Waals surface area contributed by atoms with Crippen LogP contribution in [0.2, 0.25) is 0 Å². The van der Waals surface area contributed by atoms with Gasteiger partial charge in [0.2, 0.25) is 0 Å². The normalized spacial score (nSPS) is 12.9. The molecular formula is C13H22N2. The molecule has 1 aromatic carbocycles. The number of rotatable bonds is 5. The van der Waals surface area contributed by atoms with Crippen molar-refractivity contribution in [2.75, 3.05) is 5.32 Å². The highest BCUT2D eigenvalue weighted by molar-refractivity contribution is 5.53. The molecule has 3 N–H and O–H groups in total.